The van der Waals surface area contributed by atoms with Crippen molar-refractivity contribution in [1.82, 2.24) is 15.2 Å². The molecule has 0 radical (unpaired) electrons. The number of alkyl halides is 2. The molecule has 1 fully saturated rings. The van der Waals surface area contributed by atoms with E-state index < -0.39 is 13.0 Å². The van der Waals surface area contributed by atoms with Gasteiger partial charge in [0, 0.05) is 44.0 Å². The first-order valence-electron chi connectivity index (χ1n) is 6.04. The lowest BCUT2D eigenvalue weighted by Gasteiger charge is -2.27. The van der Waals surface area contributed by atoms with Gasteiger partial charge in [0.05, 0.1) is 0 Å². The van der Waals surface area contributed by atoms with Gasteiger partial charge < -0.3 is 15.0 Å². The van der Waals surface area contributed by atoms with Gasteiger partial charge in [-0.2, -0.15) is 0 Å². The molecule has 0 aliphatic carbocycles. The molecule has 1 aliphatic rings. The molecule has 2 rings (SSSR count). The lowest BCUT2D eigenvalue weighted by atomic mass is 10.2. The highest BCUT2D eigenvalue weighted by molar-refractivity contribution is 5.94. The molecular weight excluding hydrogens is 256 g/mol. The van der Waals surface area contributed by atoms with Gasteiger partial charge in [0.2, 0.25) is 5.88 Å². The van der Waals surface area contributed by atoms with Crippen LogP contribution in [0.15, 0.2) is 18.3 Å². The average Bonchev–Trinajstić information content (AvgIpc) is 2.45. The summed E-state index contributed by atoms with van der Waals surface area (Å²) in [6.45, 7) is 2.05. The number of aromatic nitrogens is 1. The zero-order valence-electron chi connectivity index (χ0n) is 10.3. The number of pyridine rings is 1. The van der Waals surface area contributed by atoms with E-state index in [9.17, 15) is 13.6 Å². The number of halogens is 2. The zero-order valence-corrected chi connectivity index (χ0v) is 10.3. The molecular formula is C12H15F2N3O2. The number of ether oxygens (including phenoxy) is 1. The number of piperazine rings is 1. The Morgan fingerprint density at radius 3 is 2.89 bits per heavy atom. The fraction of sp³-hybridized carbons (Fsp3) is 0.500. The van der Waals surface area contributed by atoms with Crippen molar-refractivity contribution in [3.63, 3.8) is 0 Å². The molecule has 7 heteroatoms. The summed E-state index contributed by atoms with van der Waals surface area (Å²) >= 11 is 0. The van der Waals surface area contributed by atoms with Gasteiger partial charge in [-0.05, 0) is 6.07 Å². The third-order valence-electron chi connectivity index (χ3n) is 2.74. The van der Waals surface area contributed by atoms with E-state index in [1.807, 2.05) is 0 Å². The first-order valence-corrected chi connectivity index (χ1v) is 6.04. The second-order valence-electron chi connectivity index (χ2n) is 4.13. The van der Waals surface area contributed by atoms with Crippen LogP contribution in [0.5, 0.6) is 5.88 Å². The van der Waals surface area contributed by atoms with Crippen LogP contribution < -0.4 is 10.1 Å². The molecule has 0 bridgehead atoms. The highest BCUT2D eigenvalue weighted by Crippen LogP contribution is 2.13. The standard InChI is InChI=1S/C12H15F2N3O2/c13-10(14)8-19-11-7-9(1-2-16-11)12(18)17-5-3-15-4-6-17/h1-2,7,10,15H,3-6,8H2. The molecule has 1 aliphatic heterocycles. The van der Waals surface area contributed by atoms with Crippen LogP contribution in [0.4, 0.5) is 8.78 Å². The van der Waals surface area contributed by atoms with Gasteiger partial charge in [0.1, 0.15) is 0 Å². The first kappa shape index (κ1) is 13.7. The van der Waals surface area contributed by atoms with Crippen LogP contribution >= 0.6 is 0 Å². The van der Waals surface area contributed by atoms with Crippen LogP contribution in [0.1, 0.15) is 10.4 Å². The van der Waals surface area contributed by atoms with Gasteiger partial charge in [-0.15, -0.1) is 0 Å². The van der Waals surface area contributed by atoms with Crippen molar-refractivity contribution in [3.05, 3.63) is 23.9 Å². The summed E-state index contributed by atoms with van der Waals surface area (Å²) < 4.78 is 28.9. The molecule has 0 atom stereocenters. The summed E-state index contributed by atoms with van der Waals surface area (Å²) in [5, 5.41) is 3.15. The summed E-state index contributed by atoms with van der Waals surface area (Å²) in [7, 11) is 0. The van der Waals surface area contributed by atoms with E-state index in [0.717, 1.165) is 13.1 Å². The molecule has 1 N–H and O–H groups in total. The minimum atomic E-state index is -2.56. The summed E-state index contributed by atoms with van der Waals surface area (Å²) in [5.41, 5.74) is 0.404. The van der Waals surface area contributed by atoms with E-state index in [2.05, 4.69) is 10.3 Å². The van der Waals surface area contributed by atoms with E-state index in [1.165, 1.54) is 12.3 Å². The number of carbonyl (C=O) groups excluding carboxylic acids is 1. The van der Waals surface area contributed by atoms with E-state index in [4.69, 9.17) is 4.74 Å². The Morgan fingerprint density at radius 2 is 2.21 bits per heavy atom. The number of hydrogen-bond acceptors (Lipinski definition) is 4. The molecule has 1 aromatic heterocycles. The lowest BCUT2D eigenvalue weighted by Crippen LogP contribution is -2.46. The van der Waals surface area contributed by atoms with Crippen molar-refractivity contribution in [2.45, 2.75) is 6.43 Å². The van der Waals surface area contributed by atoms with Gasteiger partial charge in [0.15, 0.2) is 6.61 Å². The van der Waals surface area contributed by atoms with Crippen molar-refractivity contribution in [3.8, 4) is 5.88 Å². The van der Waals surface area contributed by atoms with E-state index >= 15 is 0 Å². The van der Waals surface area contributed by atoms with E-state index in [1.54, 1.807) is 11.0 Å². The third kappa shape index (κ3) is 3.85. The second-order valence-corrected chi connectivity index (χ2v) is 4.13. The van der Waals surface area contributed by atoms with Crippen LogP contribution in [-0.4, -0.2) is 55.0 Å². The molecule has 5 nitrogen and oxygen atoms in total. The van der Waals surface area contributed by atoms with E-state index in [0.29, 0.717) is 18.7 Å². The van der Waals surface area contributed by atoms with Gasteiger partial charge in [-0.1, -0.05) is 0 Å². The number of nitrogens with zero attached hydrogens (tertiary/aromatic N) is 2. The van der Waals surface area contributed by atoms with Gasteiger partial charge in [-0.3, -0.25) is 4.79 Å². The largest absolute Gasteiger partial charge is 0.472 e. The van der Waals surface area contributed by atoms with Gasteiger partial charge in [-0.25, -0.2) is 13.8 Å². The van der Waals surface area contributed by atoms with Crippen molar-refractivity contribution in [2.75, 3.05) is 32.8 Å². The maximum Gasteiger partial charge on any atom is 0.272 e. The quantitative estimate of drug-likeness (QED) is 0.879. The number of amides is 1. The van der Waals surface area contributed by atoms with Crippen LogP contribution in [0.2, 0.25) is 0 Å². The Morgan fingerprint density at radius 1 is 1.47 bits per heavy atom. The van der Waals surface area contributed by atoms with Crippen LogP contribution in [0.3, 0.4) is 0 Å². The number of hydrogen-bond donors (Lipinski definition) is 1. The zero-order chi connectivity index (χ0) is 13.7. The first-order chi connectivity index (χ1) is 9.16. The fourth-order valence-corrected chi connectivity index (χ4v) is 1.82. The maximum atomic E-state index is 12.2. The molecule has 0 unspecified atom stereocenters. The summed E-state index contributed by atoms with van der Waals surface area (Å²) in [6, 6.07) is 2.95. The molecule has 0 saturated carbocycles. The summed E-state index contributed by atoms with van der Waals surface area (Å²) in [6.07, 6.45) is -1.18. The number of rotatable bonds is 4. The number of nitrogens with one attached hydrogen (secondary N) is 1. The predicted molar refractivity (Wildman–Crippen MR) is 64.5 cm³/mol. The fourth-order valence-electron chi connectivity index (χ4n) is 1.82. The molecule has 1 aromatic rings. The Labute approximate surface area is 109 Å². The number of carbonyl (C=O) groups is 1. The van der Waals surface area contributed by atoms with Crippen LogP contribution in [-0.2, 0) is 0 Å². The smallest absolute Gasteiger partial charge is 0.272 e. The van der Waals surface area contributed by atoms with Crippen molar-refractivity contribution in [1.29, 1.82) is 0 Å². The van der Waals surface area contributed by atoms with Crippen LogP contribution in [0, 0.1) is 0 Å². The lowest BCUT2D eigenvalue weighted by molar-refractivity contribution is 0.0731. The summed E-state index contributed by atoms with van der Waals surface area (Å²) in [5.74, 6) is -0.0907. The van der Waals surface area contributed by atoms with Crippen molar-refractivity contribution >= 4 is 5.91 Å². The molecule has 104 valence electrons. The van der Waals surface area contributed by atoms with Crippen LogP contribution in [0.25, 0.3) is 0 Å². The molecule has 2 heterocycles. The molecule has 19 heavy (non-hydrogen) atoms. The van der Waals surface area contributed by atoms with Gasteiger partial charge in [0.25, 0.3) is 12.3 Å². The van der Waals surface area contributed by atoms with E-state index in [-0.39, 0.29) is 11.8 Å². The Kier molecular flexibility index (Phi) is 4.62. The second kappa shape index (κ2) is 6.42. The Hall–Kier alpha value is -1.76. The SMILES string of the molecule is O=C(c1ccnc(OCC(F)F)c1)N1CCNCC1. The molecule has 0 aromatic carbocycles. The monoisotopic (exact) mass is 271 g/mol. The molecule has 1 amide bonds. The average molecular weight is 271 g/mol. The van der Waals surface area contributed by atoms with Crippen molar-refractivity contribution in [2.24, 2.45) is 0 Å². The maximum absolute atomic E-state index is 12.2. The minimum absolute atomic E-state index is 0.0429. The van der Waals surface area contributed by atoms with Crippen molar-refractivity contribution < 1.29 is 18.3 Å². The minimum Gasteiger partial charge on any atom is -0.472 e. The highest BCUT2D eigenvalue weighted by Gasteiger charge is 2.18. The Balaban J connectivity index is 2.02. The summed E-state index contributed by atoms with van der Waals surface area (Å²) in [4.78, 5) is 17.7. The Bertz CT molecular complexity index is 437. The highest BCUT2D eigenvalue weighted by atomic mass is 19.3. The third-order valence-corrected chi connectivity index (χ3v) is 2.74. The van der Waals surface area contributed by atoms with Gasteiger partial charge >= 0.3 is 0 Å². The predicted octanol–water partition coefficient (Wildman–Crippen LogP) is 0.771. The molecule has 0 spiro atoms. The normalized spacial score (nSPS) is 15.6. The topological polar surface area (TPSA) is 54.5 Å². The molecule has 1 saturated heterocycles.